The molecule has 2 nitrogen and oxygen atoms in total. The van der Waals surface area contributed by atoms with Gasteiger partial charge in [-0.2, -0.15) is 0 Å². The van der Waals surface area contributed by atoms with Gasteiger partial charge in [-0.25, -0.2) is 0 Å². The van der Waals surface area contributed by atoms with Crippen LogP contribution in [0, 0.1) is 5.92 Å². The molecule has 0 heterocycles. The molecule has 0 spiro atoms. The minimum Gasteiger partial charge on any atom is -0.382 e. The molecule has 0 radical (unpaired) electrons. The Bertz CT molecular complexity index is 369. The Morgan fingerprint density at radius 2 is 1.79 bits per heavy atom. The van der Waals surface area contributed by atoms with Gasteiger partial charge in [0.15, 0.2) is 0 Å². The third-order valence-electron chi connectivity index (χ3n) is 4.42. The number of hydrogen-bond acceptors (Lipinski definition) is 2. The third kappa shape index (κ3) is 4.15. The molecule has 1 aromatic carbocycles. The molecule has 2 unspecified atom stereocenters. The lowest BCUT2D eigenvalue weighted by Gasteiger charge is -2.19. The number of nitrogens with zero attached hydrogens (tertiary/aromatic N) is 1. The van der Waals surface area contributed by atoms with Crippen LogP contribution in [0.5, 0.6) is 0 Å². The van der Waals surface area contributed by atoms with E-state index < -0.39 is 0 Å². The smallest absolute Gasteiger partial charge is 0.0362 e. The van der Waals surface area contributed by atoms with Crippen molar-refractivity contribution in [1.29, 1.82) is 0 Å². The molecule has 0 aliphatic heterocycles. The van der Waals surface area contributed by atoms with Gasteiger partial charge >= 0.3 is 0 Å². The fourth-order valence-electron chi connectivity index (χ4n) is 3.02. The molecular weight excluding hydrogens is 232 g/mol. The van der Waals surface area contributed by atoms with E-state index in [2.05, 4.69) is 55.5 Å². The quantitative estimate of drug-likeness (QED) is 0.800. The normalized spacial score (nSPS) is 23.7. The zero-order chi connectivity index (χ0) is 13.7. The molecular formula is C17H28N2. The summed E-state index contributed by atoms with van der Waals surface area (Å²) in [7, 11) is 4.16. The summed E-state index contributed by atoms with van der Waals surface area (Å²) in [5.74, 6) is 0.961. The Morgan fingerprint density at radius 1 is 1.05 bits per heavy atom. The summed E-state index contributed by atoms with van der Waals surface area (Å²) in [5, 5.41) is 3.71. The van der Waals surface area contributed by atoms with E-state index in [9.17, 15) is 0 Å². The molecule has 1 aliphatic carbocycles. The van der Waals surface area contributed by atoms with Crippen LogP contribution in [0.3, 0.4) is 0 Å². The third-order valence-corrected chi connectivity index (χ3v) is 4.42. The summed E-state index contributed by atoms with van der Waals surface area (Å²) in [6, 6.07) is 9.46. The van der Waals surface area contributed by atoms with Gasteiger partial charge in [-0.05, 0) is 49.4 Å². The largest absolute Gasteiger partial charge is 0.382 e. The molecule has 19 heavy (non-hydrogen) atoms. The van der Waals surface area contributed by atoms with Gasteiger partial charge in [0.1, 0.15) is 0 Å². The van der Waals surface area contributed by atoms with Gasteiger partial charge in [0, 0.05) is 31.5 Å². The van der Waals surface area contributed by atoms with Crippen molar-refractivity contribution in [1.82, 2.24) is 0 Å². The molecule has 2 heteroatoms. The van der Waals surface area contributed by atoms with Crippen molar-refractivity contribution >= 4 is 11.4 Å². The van der Waals surface area contributed by atoms with Crippen LogP contribution >= 0.6 is 0 Å². The molecule has 2 rings (SSSR count). The maximum absolute atomic E-state index is 3.71. The highest BCUT2D eigenvalue weighted by atomic mass is 15.1. The summed E-state index contributed by atoms with van der Waals surface area (Å²) in [4.78, 5) is 2.14. The Kier molecular flexibility index (Phi) is 5.12. The second-order valence-electron chi connectivity index (χ2n) is 6.07. The lowest BCUT2D eigenvalue weighted by atomic mass is 9.98. The van der Waals surface area contributed by atoms with Gasteiger partial charge in [0.2, 0.25) is 0 Å². The second kappa shape index (κ2) is 6.83. The summed E-state index contributed by atoms with van der Waals surface area (Å²) in [6.45, 7) is 2.33. The predicted octanol–water partition coefficient (Wildman–Crippen LogP) is 4.52. The van der Waals surface area contributed by atoms with E-state index in [1.54, 1.807) is 0 Å². The van der Waals surface area contributed by atoms with E-state index in [1.165, 1.54) is 49.9 Å². The van der Waals surface area contributed by atoms with Crippen LogP contribution in [0.1, 0.15) is 45.4 Å². The van der Waals surface area contributed by atoms with Crippen LogP contribution in [0.25, 0.3) is 0 Å². The van der Waals surface area contributed by atoms with Gasteiger partial charge < -0.3 is 10.2 Å². The Hall–Kier alpha value is -1.18. The van der Waals surface area contributed by atoms with Crippen LogP contribution in [0.2, 0.25) is 0 Å². The minimum absolute atomic E-state index is 0.668. The summed E-state index contributed by atoms with van der Waals surface area (Å²) < 4.78 is 0. The second-order valence-corrected chi connectivity index (χ2v) is 6.07. The van der Waals surface area contributed by atoms with Crippen molar-refractivity contribution in [3.8, 4) is 0 Å². The maximum Gasteiger partial charge on any atom is 0.0362 e. The van der Waals surface area contributed by atoms with E-state index >= 15 is 0 Å². The number of anilines is 2. The van der Waals surface area contributed by atoms with Crippen molar-refractivity contribution in [2.24, 2.45) is 5.92 Å². The van der Waals surface area contributed by atoms with Gasteiger partial charge in [-0.1, -0.05) is 26.2 Å². The lowest BCUT2D eigenvalue weighted by molar-refractivity contribution is 0.444. The van der Waals surface area contributed by atoms with Gasteiger partial charge in [0.05, 0.1) is 0 Å². The first-order valence-corrected chi connectivity index (χ1v) is 7.73. The van der Waals surface area contributed by atoms with Crippen LogP contribution < -0.4 is 10.2 Å². The number of rotatable bonds is 4. The average molecular weight is 260 g/mol. The fraction of sp³-hybridized carbons (Fsp3) is 0.647. The van der Waals surface area contributed by atoms with Gasteiger partial charge in [-0.3, -0.25) is 0 Å². The molecule has 0 bridgehead atoms. The van der Waals surface area contributed by atoms with Crippen molar-refractivity contribution in [3.05, 3.63) is 24.3 Å². The van der Waals surface area contributed by atoms with Gasteiger partial charge in [0.25, 0.3) is 0 Å². The van der Waals surface area contributed by atoms with Crippen molar-refractivity contribution < 1.29 is 0 Å². The summed E-state index contributed by atoms with van der Waals surface area (Å²) in [5.41, 5.74) is 2.53. The molecule has 106 valence electrons. The number of benzene rings is 1. The topological polar surface area (TPSA) is 15.3 Å². The highest BCUT2D eigenvalue weighted by molar-refractivity contribution is 5.54. The van der Waals surface area contributed by atoms with Crippen molar-refractivity contribution in [2.75, 3.05) is 24.3 Å². The monoisotopic (exact) mass is 260 g/mol. The van der Waals surface area contributed by atoms with Crippen molar-refractivity contribution in [3.63, 3.8) is 0 Å². The molecule has 0 amide bonds. The Balaban J connectivity index is 1.90. The molecule has 0 aromatic heterocycles. The van der Waals surface area contributed by atoms with E-state index in [0.717, 1.165) is 5.92 Å². The van der Waals surface area contributed by atoms with Crippen LogP contribution in [0.15, 0.2) is 24.3 Å². The standard InChI is InChI=1S/C17H28N2/c1-4-14-6-5-7-15(9-8-14)18-16-10-12-17(13-11-16)19(2)3/h10-15,18H,4-9H2,1-3H3. The first-order chi connectivity index (χ1) is 9.19. The summed E-state index contributed by atoms with van der Waals surface area (Å²) >= 11 is 0. The highest BCUT2D eigenvalue weighted by Gasteiger charge is 2.17. The van der Waals surface area contributed by atoms with Crippen LogP contribution in [-0.4, -0.2) is 20.1 Å². The molecule has 1 saturated carbocycles. The Labute approximate surface area is 118 Å². The number of hydrogen-bond donors (Lipinski definition) is 1. The van der Waals surface area contributed by atoms with E-state index in [1.807, 2.05) is 0 Å². The summed E-state index contributed by atoms with van der Waals surface area (Å²) in [6.07, 6.45) is 8.20. The molecule has 1 N–H and O–H groups in total. The maximum atomic E-state index is 3.71. The van der Waals surface area contributed by atoms with Crippen molar-refractivity contribution in [2.45, 2.75) is 51.5 Å². The first kappa shape index (κ1) is 14.2. The zero-order valence-electron chi connectivity index (χ0n) is 12.7. The highest BCUT2D eigenvalue weighted by Crippen LogP contribution is 2.27. The average Bonchev–Trinajstić information content (AvgIpc) is 2.64. The van der Waals surface area contributed by atoms with E-state index in [4.69, 9.17) is 0 Å². The fourth-order valence-corrected chi connectivity index (χ4v) is 3.02. The first-order valence-electron chi connectivity index (χ1n) is 7.73. The predicted molar refractivity (Wildman–Crippen MR) is 85.0 cm³/mol. The van der Waals surface area contributed by atoms with E-state index in [0.29, 0.717) is 6.04 Å². The van der Waals surface area contributed by atoms with Crippen LogP contribution in [0.4, 0.5) is 11.4 Å². The Morgan fingerprint density at radius 3 is 2.42 bits per heavy atom. The minimum atomic E-state index is 0.668. The molecule has 1 aromatic rings. The molecule has 1 fully saturated rings. The van der Waals surface area contributed by atoms with Crippen LogP contribution in [-0.2, 0) is 0 Å². The number of nitrogens with one attached hydrogen (secondary N) is 1. The SMILES string of the molecule is CCC1CCCC(Nc2ccc(N(C)C)cc2)CC1. The van der Waals surface area contributed by atoms with E-state index in [-0.39, 0.29) is 0 Å². The zero-order valence-corrected chi connectivity index (χ0v) is 12.7. The molecule has 1 aliphatic rings. The lowest BCUT2D eigenvalue weighted by Crippen LogP contribution is -2.18. The van der Waals surface area contributed by atoms with Gasteiger partial charge in [-0.15, -0.1) is 0 Å². The molecule has 2 atom stereocenters. The molecule has 0 saturated heterocycles.